The van der Waals surface area contributed by atoms with Gasteiger partial charge in [-0.3, -0.25) is 0 Å². The third kappa shape index (κ3) is 7.10. The Morgan fingerprint density at radius 1 is 1.05 bits per heavy atom. The third-order valence-electron chi connectivity index (χ3n) is 9.46. The van der Waals surface area contributed by atoms with Crippen molar-refractivity contribution in [2.24, 2.45) is 17.1 Å². The zero-order chi connectivity index (χ0) is 31.6. The van der Waals surface area contributed by atoms with E-state index in [0.29, 0.717) is 19.3 Å². The highest BCUT2D eigenvalue weighted by molar-refractivity contribution is 5.73. The van der Waals surface area contributed by atoms with Crippen LogP contribution in [0.25, 0.3) is 0 Å². The standard InChI is InChI=1S/C29H50N2O11/c1-7-10-11-28(5,8-2)24-17(31-27(30)38)21(18(33)16(13-32)39-24)40-26-20(35)19(34)22(23(41-26)25(36)37)42-29(6,9-3)15-12-14(15)4/h12,15-24,26,32-35H,7-11,13H2,1-6H3,(H,36,37)(H3,30,31,38)/t15?,16?,17?,18-,19?,20?,21?,22+,23?,24?,26-,28?,29-/m1/s1. The number of aliphatic hydroxyl groups excluding tert-OH is 4. The van der Waals surface area contributed by atoms with Gasteiger partial charge in [0.1, 0.15) is 36.6 Å². The van der Waals surface area contributed by atoms with Crippen molar-refractivity contribution in [3.63, 3.8) is 0 Å². The predicted molar refractivity (Wildman–Crippen MR) is 150 cm³/mol. The van der Waals surface area contributed by atoms with Crippen LogP contribution in [0.15, 0.2) is 11.6 Å². The molecule has 0 aromatic heterocycles. The van der Waals surface area contributed by atoms with Crippen LogP contribution < -0.4 is 11.1 Å². The second kappa shape index (κ2) is 13.9. The van der Waals surface area contributed by atoms with Gasteiger partial charge in [0, 0.05) is 5.92 Å². The summed E-state index contributed by atoms with van der Waals surface area (Å²) in [5, 5.41) is 56.1. The minimum Gasteiger partial charge on any atom is -0.479 e. The second-order valence-corrected chi connectivity index (χ2v) is 12.4. The Bertz CT molecular complexity index is 981. The normalized spacial score (nSPS) is 39.5. The summed E-state index contributed by atoms with van der Waals surface area (Å²) in [6.45, 7) is 11.0. The molecule has 1 aliphatic carbocycles. The zero-order valence-corrected chi connectivity index (χ0v) is 25.4. The van der Waals surface area contributed by atoms with Crippen LogP contribution >= 0.6 is 0 Å². The SMILES string of the molecule is CCCCC(C)(CC)C1OC(CO)[C@@H](O)C(O[C@@H]2OC(C(=O)O)[C@@H](O[C@](C)(CC)C3C=C3C)C(O)C2O)C1NC(N)=O. The smallest absolute Gasteiger partial charge is 0.335 e. The molecule has 0 spiro atoms. The van der Waals surface area contributed by atoms with Gasteiger partial charge in [-0.05, 0) is 38.5 Å². The summed E-state index contributed by atoms with van der Waals surface area (Å²) in [6.07, 6.45) is -7.70. The fourth-order valence-corrected chi connectivity index (χ4v) is 6.28. The quantitative estimate of drug-likeness (QED) is 0.138. The van der Waals surface area contributed by atoms with Gasteiger partial charge in [0.05, 0.1) is 24.4 Å². The number of rotatable bonds is 14. The minimum absolute atomic E-state index is 0.0405. The number of nitrogens with two attached hydrogens (primary N) is 1. The van der Waals surface area contributed by atoms with E-state index in [2.05, 4.69) is 5.32 Å². The van der Waals surface area contributed by atoms with Crippen LogP contribution in [-0.2, 0) is 23.7 Å². The van der Waals surface area contributed by atoms with E-state index < -0.39 is 90.8 Å². The summed E-state index contributed by atoms with van der Waals surface area (Å²) in [5.41, 5.74) is 5.20. The number of ether oxygens (including phenoxy) is 4. The minimum atomic E-state index is -1.78. The lowest BCUT2D eigenvalue weighted by molar-refractivity contribution is -0.340. The van der Waals surface area contributed by atoms with Crippen LogP contribution in [0.5, 0.6) is 0 Å². The van der Waals surface area contributed by atoms with Gasteiger partial charge in [-0.25, -0.2) is 9.59 Å². The molecule has 8 N–H and O–H groups in total. The molecule has 13 heteroatoms. The summed E-state index contributed by atoms with van der Waals surface area (Å²) < 4.78 is 24.1. The van der Waals surface area contributed by atoms with Gasteiger partial charge < -0.3 is 55.5 Å². The maximum Gasteiger partial charge on any atom is 0.335 e. The molecule has 2 saturated heterocycles. The van der Waals surface area contributed by atoms with E-state index >= 15 is 0 Å². The highest BCUT2D eigenvalue weighted by atomic mass is 16.7. The molecule has 42 heavy (non-hydrogen) atoms. The summed E-state index contributed by atoms with van der Waals surface area (Å²) in [5.74, 6) is -1.48. The number of unbranched alkanes of at least 4 members (excludes halogenated alkanes) is 1. The van der Waals surface area contributed by atoms with Crippen LogP contribution in [0.1, 0.15) is 73.6 Å². The molecule has 0 aromatic carbocycles. The summed E-state index contributed by atoms with van der Waals surface area (Å²) in [4.78, 5) is 24.5. The number of carbonyl (C=O) groups excluding carboxylic acids is 1. The third-order valence-corrected chi connectivity index (χ3v) is 9.46. The molecular weight excluding hydrogens is 552 g/mol. The number of nitrogens with one attached hydrogen (secondary N) is 1. The molecule has 3 rings (SSSR count). The van der Waals surface area contributed by atoms with Gasteiger partial charge in [-0.2, -0.15) is 0 Å². The van der Waals surface area contributed by atoms with Gasteiger partial charge in [0.2, 0.25) is 0 Å². The van der Waals surface area contributed by atoms with Crippen molar-refractivity contribution in [3.05, 3.63) is 11.6 Å². The predicted octanol–water partition coefficient (Wildman–Crippen LogP) is 0.797. The zero-order valence-electron chi connectivity index (χ0n) is 25.4. The van der Waals surface area contributed by atoms with E-state index in [1.165, 1.54) is 0 Å². The molecule has 0 aromatic rings. The maximum absolute atomic E-state index is 12.3. The average Bonchev–Trinajstić information content (AvgIpc) is 3.69. The maximum atomic E-state index is 12.3. The molecule has 13 atom stereocenters. The average molecular weight is 603 g/mol. The van der Waals surface area contributed by atoms with Crippen molar-refractivity contribution in [1.29, 1.82) is 0 Å². The molecule has 3 aliphatic rings. The van der Waals surface area contributed by atoms with E-state index in [9.17, 15) is 35.1 Å². The molecule has 2 aliphatic heterocycles. The number of aliphatic carboxylic acids is 1. The monoisotopic (exact) mass is 602 g/mol. The van der Waals surface area contributed by atoms with Gasteiger partial charge in [0.25, 0.3) is 0 Å². The molecule has 9 unspecified atom stereocenters. The van der Waals surface area contributed by atoms with Gasteiger partial charge in [0.15, 0.2) is 12.4 Å². The van der Waals surface area contributed by atoms with Crippen LogP contribution in [0.4, 0.5) is 4.79 Å². The first-order valence-electron chi connectivity index (χ1n) is 14.9. The Morgan fingerprint density at radius 2 is 1.69 bits per heavy atom. The fourth-order valence-electron chi connectivity index (χ4n) is 6.28. The lowest BCUT2D eigenvalue weighted by Gasteiger charge is -2.52. The Balaban J connectivity index is 1.93. The topological polar surface area (TPSA) is 210 Å². The first-order valence-corrected chi connectivity index (χ1v) is 14.9. The van der Waals surface area contributed by atoms with E-state index in [0.717, 1.165) is 18.4 Å². The lowest BCUT2D eigenvalue weighted by atomic mass is 9.71. The van der Waals surface area contributed by atoms with Crippen LogP contribution in [-0.4, -0.2) is 111 Å². The van der Waals surface area contributed by atoms with E-state index in [1.807, 2.05) is 47.6 Å². The molecule has 13 nitrogen and oxygen atoms in total. The fraction of sp³-hybridized carbons (Fsp3) is 0.862. The van der Waals surface area contributed by atoms with Gasteiger partial charge in [-0.1, -0.05) is 52.2 Å². The van der Waals surface area contributed by atoms with Crippen molar-refractivity contribution in [3.8, 4) is 0 Å². The summed E-state index contributed by atoms with van der Waals surface area (Å²) in [7, 11) is 0. The van der Waals surface area contributed by atoms with Crippen molar-refractivity contribution >= 4 is 12.0 Å². The van der Waals surface area contributed by atoms with E-state index in [-0.39, 0.29) is 5.92 Å². The number of aliphatic hydroxyl groups is 4. The largest absolute Gasteiger partial charge is 0.479 e. The molecule has 0 radical (unpaired) electrons. The molecule has 0 saturated carbocycles. The summed E-state index contributed by atoms with van der Waals surface area (Å²) in [6, 6.07) is -1.99. The van der Waals surface area contributed by atoms with E-state index in [4.69, 9.17) is 24.7 Å². The summed E-state index contributed by atoms with van der Waals surface area (Å²) >= 11 is 0. The second-order valence-electron chi connectivity index (χ2n) is 12.4. The molecule has 2 fully saturated rings. The van der Waals surface area contributed by atoms with Crippen LogP contribution in [0, 0.1) is 11.3 Å². The van der Waals surface area contributed by atoms with Gasteiger partial charge >= 0.3 is 12.0 Å². The van der Waals surface area contributed by atoms with Crippen molar-refractivity contribution < 1.29 is 54.1 Å². The number of primary amides is 1. The van der Waals surface area contributed by atoms with Crippen LogP contribution in [0.3, 0.4) is 0 Å². The first kappa shape index (κ1) is 34.6. The number of amides is 2. The Labute approximate surface area is 247 Å². The number of hydrogen-bond acceptors (Lipinski definition) is 10. The molecular formula is C29H50N2O11. The highest BCUT2D eigenvalue weighted by Crippen LogP contribution is 2.45. The highest BCUT2D eigenvalue weighted by Gasteiger charge is 2.57. The molecule has 2 amide bonds. The van der Waals surface area contributed by atoms with Crippen molar-refractivity contribution in [2.75, 3.05) is 6.61 Å². The number of carbonyl (C=O) groups is 2. The Morgan fingerprint density at radius 3 is 2.17 bits per heavy atom. The van der Waals surface area contributed by atoms with Crippen LogP contribution in [0.2, 0.25) is 0 Å². The molecule has 0 bridgehead atoms. The molecule has 242 valence electrons. The van der Waals surface area contributed by atoms with Crippen molar-refractivity contribution in [2.45, 2.75) is 140 Å². The van der Waals surface area contributed by atoms with Gasteiger partial charge in [-0.15, -0.1) is 0 Å². The number of urea groups is 1. The Kier molecular flexibility index (Phi) is 11.4. The number of hydrogen-bond donors (Lipinski definition) is 7. The Hall–Kier alpha value is -1.84. The van der Waals surface area contributed by atoms with Crippen molar-refractivity contribution in [1.82, 2.24) is 5.32 Å². The molecule has 2 heterocycles. The number of carboxylic acids is 1. The van der Waals surface area contributed by atoms with E-state index in [1.54, 1.807) is 0 Å². The number of carboxylic acid groups (broad SMARTS) is 1. The first-order chi connectivity index (χ1) is 19.7. The lowest BCUT2D eigenvalue weighted by Crippen LogP contribution is -2.70.